The summed E-state index contributed by atoms with van der Waals surface area (Å²) in [6.07, 6.45) is 0. The molecule has 3 rings (SSSR count). The second kappa shape index (κ2) is 7.62. The van der Waals surface area contributed by atoms with Crippen LogP contribution in [0, 0.1) is 0 Å². The van der Waals surface area contributed by atoms with Crippen molar-refractivity contribution in [1.29, 1.82) is 0 Å². The minimum Gasteiger partial charge on any atom is -0.378 e. The first-order chi connectivity index (χ1) is 11.1. The number of hydrogen-bond donors (Lipinski definition) is 1. The van der Waals surface area contributed by atoms with Gasteiger partial charge in [-0.25, -0.2) is 0 Å². The first kappa shape index (κ1) is 16.7. The predicted molar refractivity (Wildman–Crippen MR) is 90.6 cm³/mol. The van der Waals surface area contributed by atoms with Crippen molar-refractivity contribution in [2.75, 3.05) is 45.9 Å². The summed E-state index contributed by atoms with van der Waals surface area (Å²) in [5.41, 5.74) is 0.975. The standard InChI is InChI=1S/C17H24ClN3O2/c1-13-12-21(6-5-19-13)16(14-3-2-4-15(18)11-14)17(22)20-7-9-23-10-8-20/h2-4,11,13,16,19H,5-10,12H2,1H3. The van der Waals surface area contributed by atoms with Gasteiger partial charge in [0.25, 0.3) is 0 Å². The molecule has 2 unspecified atom stereocenters. The minimum absolute atomic E-state index is 0.157. The summed E-state index contributed by atoms with van der Waals surface area (Å²) < 4.78 is 5.38. The molecule has 0 aliphatic carbocycles. The lowest BCUT2D eigenvalue weighted by Gasteiger charge is -2.40. The number of ether oxygens (including phenoxy) is 1. The topological polar surface area (TPSA) is 44.8 Å². The van der Waals surface area contributed by atoms with Crippen molar-refractivity contribution < 1.29 is 9.53 Å². The molecule has 1 aromatic rings. The summed E-state index contributed by atoms with van der Waals surface area (Å²) in [6.45, 7) is 7.33. The molecule has 6 heteroatoms. The fourth-order valence-electron chi connectivity index (χ4n) is 3.34. The van der Waals surface area contributed by atoms with Crippen molar-refractivity contribution in [3.05, 3.63) is 34.9 Å². The SMILES string of the molecule is CC1CN(C(C(=O)N2CCOCC2)c2cccc(Cl)c2)CCN1. The molecular weight excluding hydrogens is 314 g/mol. The molecule has 1 aromatic carbocycles. The predicted octanol–water partition coefficient (Wildman–Crippen LogP) is 1.53. The second-order valence-electron chi connectivity index (χ2n) is 6.25. The highest BCUT2D eigenvalue weighted by Crippen LogP contribution is 2.27. The Morgan fingerprint density at radius 3 is 2.83 bits per heavy atom. The van der Waals surface area contributed by atoms with E-state index in [1.165, 1.54) is 0 Å². The lowest BCUT2D eigenvalue weighted by molar-refractivity contribution is -0.142. The molecule has 0 radical (unpaired) electrons. The zero-order valence-electron chi connectivity index (χ0n) is 13.5. The van der Waals surface area contributed by atoms with Crippen molar-refractivity contribution >= 4 is 17.5 Å². The fraction of sp³-hybridized carbons (Fsp3) is 0.588. The average molecular weight is 338 g/mol. The van der Waals surface area contributed by atoms with E-state index in [0.717, 1.165) is 25.2 Å². The molecule has 2 aliphatic heterocycles. The number of carbonyl (C=O) groups excluding carboxylic acids is 1. The highest BCUT2D eigenvalue weighted by atomic mass is 35.5. The number of amides is 1. The van der Waals surface area contributed by atoms with Gasteiger partial charge in [-0.1, -0.05) is 23.7 Å². The number of carbonyl (C=O) groups is 1. The van der Waals surface area contributed by atoms with Gasteiger partial charge in [0, 0.05) is 43.8 Å². The average Bonchev–Trinajstić information content (AvgIpc) is 2.56. The largest absolute Gasteiger partial charge is 0.378 e. The summed E-state index contributed by atoms with van der Waals surface area (Å²) >= 11 is 6.17. The molecule has 2 aliphatic rings. The molecular formula is C17H24ClN3O2. The van der Waals surface area contributed by atoms with E-state index in [-0.39, 0.29) is 11.9 Å². The first-order valence-electron chi connectivity index (χ1n) is 8.24. The maximum Gasteiger partial charge on any atom is 0.244 e. The van der Waals surface area contributed by atoms with Crippen LogP contribution in [0.5, 0.6) is 0 Å². The van der Waals surface area contributed by atoms with E-state index in [0.29, 0.717) is 37.4 Å². The van der Waals surface area contributed by atoms with Crippen LogP contribution in [0.2, 0.25) is 5.02 Å². The summed E-state index contributed by atoms with van der Waals surface area (Å²) in [7, 11) is 0. The number of nitrogens with one attached hydrogen (secondary N) is 1. The van der Waals surface area contributed by atoms with E-state index >= 15 is 0 Å². The Morgan fingerprint density at radius 2 is 2.13 bits per heavy atom. The minimum atomic E-state index is -0.267. The molecule has 0 spiro atoms. The molecule has 2 heterocycles. The van der Waals surface area contributed by atoms with Crippen LogP contribution < -0.4 is 5.32 Å². The molecule has 0 bridgehead atoms. The zero-order chi connectivity index (χ0) is 16.2. The van der Waals surface area contributed by atoms with E-state index in [4.69, 9.17) is 16.3 Å². The molecule has 0 aromatic heterocycles. The van der Waals surface area contributed by atoms with E-state index in [9.17, 15) is 4.79 Å². The van der Waals surface area contributed by atoms with Crippen LogP contribution in [0.4, 0.5) is 0 Å². The van der Waals surface area contributed by atoms with Crippen molar-refractivity contribution in [3.63, 3.8) is 0 Å². The third kappa shape index (κ3) is 4.04. The Morgan fingerprint density at radius 1 is 1.35 bits per heavy atom. The van der Waals surface area contributed by atoms with Crippen LogP contribution in [-0.2, 0) is 9.53 Å². The molecule has 2 fully saturated rings. The van der Waals surface area contributed by atoms with Gasteiger partial charge >= 0.3 is 0 Å². The van der Waals surface area contributed by atoms with Gasteiger partial charge in [-0.2, -0.15) is 0 Å². The summed E-state index contributed by atoms with van der Waals surface area (Å²) in [4.78, 5) is 17.4. The lowest BCUT2D eigenvalue weighted by Crippen LogP contribution is -2.54. The Labute approximate surface area is 142 Å². The number of hydrogen-bond acceptors (Lipinski definition) is 4. The van der Waals surface area contributed by atoms with Gasteiger partial charge < -0.3 is 15.0 Å². The lowest BCUT2D eigenvalue weighted by atomic mass is 10.0. The Balaban J connectivity index is 1.87. The van der Waals surface area contributed by atoms with E-state index in [1.807, 2.05) is 29.2 Å². The van der Waals surface area contributed by atoms with E-state index in [2.05, 4.69) is 17.1 Å². The maximum absolute atomic E-state index is 13.2. The smallest absolute Gasteiger partial charge is 0.244 e. The van der Waals surface area contributed by atoms with Gasteiger partial charge in [-0.3, -0.25) is 9.69 Å². The number of rotatable bonds is 3. The van der Waals surface area contributed by atoms with Gasteiger partial charge in [0.1, 0.15) is 6.04 Å². The molecule has 126 valence electrons. The molecule has 23 heavy (non-hydrogen) atoms. The Hall–Kier alpha value is -1.14. The third-order valence-corrected chi connectivity index (χ3v) is 4.72. The summed E-state index contributed by atoms with van der Waals surface area (Å²) in [6, 6.07) is 7.79. The van der Waals surface area contributed by atoms with Crippen LogP contribution in [0.3, 0.4) is 0 Å². The van der Waals surface area contributed by atoms with Crippen molar-refractivity contribution in [2.45, 2.75) is 19.0 Å². The van der Waals surface area contributed by atoms with Gasteiger partial charge in [-0.15, -0.1) is 0 Å². The third-order valence-electron chi connectivity index (χ3n) is 4.49. The fourth-order valence-corrected chi connectivity index (χ4v) is 3.54. The van der Waals surface area contributed by atoms with Crippen LogP contribution in [0.1, 0.15) is 18.5 Å². The highest BCUT2D eigenvalue weighted by molar-refractivity contribution is 6.30. The summed E-state index contributed by atoms with van der Waals surface area (Å²) in [5.74, 6) is 0.157. The maximum atomic E-state index is 13.2. The molecule has 1 N–H and O–H groups in total. The first-order valence-corrected chi connectivity index (χ1v) is 8.62. The van der Waals surface area contributed by atoms with Crippen LogP contribution >= 0.6 is 11.6 Å². The highest BCUT2D eigenvalue weighted by Gasteiger charge is 2.34. The molecule has 0 saturated carbocycles. The zero-order valence-corrected chi connectivity index (χ0v) is 14.3. The van der Waals surface area contributed by atoms with E-state index < -0.39 is 0 Å². The number of nitrogens with zero attached hydrogens (tertiary/aromatic N) is 2. The molecule has 2 saturated heterocycles. The Bertz CT molecular complexity index is 548. The number of piperazine rings is 1. The summed E-state index contributed by atoms with van der Waals surface area (Å²) in [5, 5.41) is 4.11. The van der Waals surface area contributed by atoms with Gasteiger partial charge in [0.15, 0.2) is 0 Å². The van der Waals surface area contributed by atoms with Crippen molar-refractivity contribution in [1.82, 2.24) is 15.1 Å². The van der Waals surface area contributed by atoms with Gasteiger partial charge in [-0.05, 0) is 24.6 Å². The Kier molecular flexibility index (Phi) is 5.54. The molecule has 5 nitrogen and oxygen atoms in total. The van der Waals surface area contributed by atoms with Crippen molar-refractivity contribution in [3.8, 4) is 0 Å². The number of benzene rings is 1. The van der Waals surface area contributed by atoms with Gasteiger partial charge in [0.05, 0.1) is 13.2 Å². The van der Waals surface area contributed by atoms with Crippen LogP contribution in [0.25, 0.3) is 0 Å². The second-order valence-corrected chi connectivity index (χ2v) is 6.68. The molecule has 1 amide bonds. The normalized spacial score (nSPS) is 24.4. The van der Waals surface area contributed by atoms with Gasteiger partial charge in [0.2, 0.25) is 5.91 Å². The quantitative estimate of drug-likeness (QED) is 0.908. The van der Waals surface area contributed by atoms with Crippen molar-refractivity contribution in [2.24, 2.45) is 0 Å². The molecule has 2 atom stereocenters. The van der Waals surface area contributed by atoms with Crippen LogP contribution in [-0.4, -0.2) is 67.7 Å². The monoisotopic (exact) mass is 337 g/mol. The number of morpholine rings is 1. The number of halogens is 1. The van der Waals surface area contributed by atoms with Crippen LogP contribution in [0.15, 0.2) is 24.3 Å². The van der Waals surface area contributed by atoms with E-state index in [1.54, 1.807) is 0 Å².